The lowest BCUT2D eigenvalue weighted by Gasteiger charge is -2.11. The molecular weight excluding hydrogens is 248 g/mol. The Morgan fingerprint density at radius 2 is 1.89 bits per heavy atom. The quantitative estimate of drug-likeness (QED) is 0.896. The topological polar surface area (TPSA) is 48.7 Å². The van der Waals surface area contributed by atoms with Crippen LogP contribution >= 0.6 is 0 Å². The van der Waals surface area contributed by atoms with Gasteiger partial charge in [0.15, 0.2) is 0 Å². The van der Waals surface area contributed by atoms with E-state index in [4.69, 9.17) is 5.26 Å². The summed E-state index contributed by atoms with van der Waals surface area (Å²) in [6.07, 6.45) is 0. The summed E-state index contributed by atoms with van der Waals surface area (Å²) in [5, 5.41) is 11.8. The number of nitrogens with one attached hydrogen (secondary N) is 1. The Balaban J connectivity index is 2.49. The fourth-order valence-corrected chi connectivity index (χ4v) is 1.81. The van der Waals surface area contributed by atoms with Crippen LogP contribution in [0.25, 0.3) is 0 Å². The second-order valence-electron chi connectivity index (χ2n) is 4.13. The summed E-state index contributed by atoms with van der Waals surface area (Å²) in [5.41, 5.74) is 1.95. The third-order valence-corrected chi connectivity index (χ3v) is 2.64. The zero-order chi connectivity index (χ0) is 14.0. The van der Waals surface area contributed by atoms with E-state index >= 15 is 0 Å². The van der Waals surface area contributed by atoms with Crippen molar-refractivity contribution in [2.45, 2.75) is 13.8 Å². The largest absolute Gasteiger partial charge is 0.352 e. The number of nitriles is 1. The first-order valence-corrected chi connectivity index (χ1v) is 5.61. The lowest BCUT2D eigenvalue weighted by Crippen LogP contribution is -2.01. The predicted molar refractivity (Wildman–Crippen MR) is 68.1 cm³/mol. The SMILES string of the molecule is Cc1cc(Nc2cc(F)ccc2F)c(C#N)c(C)n1. The van der Waals surface area contributed by atoms with Gasteiger partial charge in [0, 0.05) is 11.8 Å². The predicted octanol–water partition coefficient (Wildman–Crippen LogP) is 3.59. The molecule has 0 aliphatic heterocycles. The summed E-state index contributed by atoms with van der Waals surface area (Å²) < 4.78 is 26.7. The molecule has 0 aliphatic rings. The second-order valence-corrected chi connectivity index (χ2v) is 4.13. The number of pyridine rings is 1. The molecule has 0 atom stereocenters. The van der Waals surface area contributed by atoms with Gasteiger partial charge in [-0.1, -0.05) is 0 Å². The highest BCUT2D eigenvalue weighted by Gasteiger charge is 2.11. The second kappa shape index (κ2) is 5.02. The Labute approximate surface area is 109 Å². The molecular formula is C14H11F2N3. The van der Waals surface area contributed by atoms with Crippen LogP contribution in [0.2, 0.25) is 0 Å². The van der Waals surface area contributed by atoms with Crippen LogP contribution in [0.4, 0.5) is 20.2 Å². The van der Waals surface area contributed by atoms with Gasteiger partial charge in [0.05, 0.1) is 22.6 Å². The summed E-state index contributed by atoms with van der Waals surface area (Å²) in [5.74, 6) is -1.14. The van der Waals surface area contributed by atoms with E-state index < -0.39 is 11.6 Å². The van der Waals surface area contributed by atoms with E-state index in [-0.39, 0.29) is 5.69 Å². The number of aromatic nitrogens is 1. The van der Waals surface area contributed by atoms with Gasteiger partial charge in [-0.15, -0.1) is 0 Å². The van der Waals surface area contributed by atoms with Crippen molar-refractivity contribution >= 4 is 11.4 Å². The molecule has 1 N–H and O–H groups in total. The number of aryl methyl sites for hydroxylation is 2. The van der Waals surface area contributed by atoms with Crippen molar-refractivity contribution < 1.29 is 8.78 Å². The Hall–Kier alpha value is -2.48. The normalized spacial score (nSPS) is 10.1. The zero-order valence-corrected chi connectivity index (χ0v) is 10.5. The molecule has 0 saturated heterocycles. The molecule has 5 heteroatoms. The van der Waals surface area contributed by atoms with Gasteiger partial charge >= 0.3 is 0 Å². The van der Waals surface area contributed by atoms with Gasteiger partial charge in [0.25, 0.3) is 0 Å². The van der Waals surface area contributed by atoms with E-state index in [1.54, 1.807) is 19.9 Å². The van der Waals surface area contributed by atoms with Gasteiger partial charge in [-0.3, -0.25) is 4.98 Å². The van der Waals surface area contributed by atoms with Crippen LogP contribution in [0, 0.1) is 36.8 Å². The fourth-order valence-electron chi connectivity index (χ4n) is 1.81. The minimum atomic E-state index is -0.586. The number of rotatable bonds is 2. The summed E-state index contributed by atoms with van der Waals surface area (Å²) in [4.78, 5) is 4.16. The van der Waals surface area contributed by atoms with Crippen molar-refractivity contribution in [1.29, 1.82) is 5.26 Å². The molecule has 1 aromatic carbocycles. The van der Waals surface area contributed by atoms with Gasteiger partial charge < -0.3 is 5.32 Å². The summed E-state index contributed by atoms with van der Waals surface area (Å²) >= 11 is 0. The Kier molecular flexibility index (Phi) is 3.43. The molecule has 0 spiro atoms. The fraction of sp³-hybridized carbons (Fsp3) is 0.143. The average Bonchev–Trinajstić information content (AvgIpc) is 2.33. The van der Waals surface area contributed by atoms with Crippen molar-refractivity contribution in [2.24, 2.45) is 0 Å². The Morgan fingerprint density at radius 3 is 2.58 bits per heavy atom. The zero-order valence-electron chi connectivity index (χ0n) is 10.5. The van der Waals surface area contributed by atoms with E-state index in [1.807, 2.05) is 6.07 Å². The first-order valence-electron chi connectivity index (χ1n) is 5.61. The highest BCUT2D eigenvalue weighted by molar-refractivity contribution is 5.68. The van der Waals surface area contributed by atoms with E-state index in [2.05, 4.69) is 10.3 Å². The van der Waals surface area contributed by atoms with Crippen LogP contribution in [0.3, 0.4) is 0 Å². The highest BCUT2D eigenvalue weighted by Crippen LogP contribution is 2.25. The molecule has 19 heavy (non-hydrogen) atoms. The van der Waals surface area contributed by atoms with Crippen molar-refractivity contribution in [2.75, 3.05) is 5.32 Å². The number of halogens is 2. The highest BCUT2D eigenvalue weighted by atomic mass is 19.1. The van der Waals surface area contributed by atoms with E-state index in [9.17, 15) is 8.78 Å². The lowest BCUT2D eigenvalue weighted by molar-refractivity contribution is 0.603. The average molecular weight is 259 g/mol. The van der Waals surface area contributed by atoms with E-state index in [0.29, 0.717) is 22.6 Å². The molecule has 0 unspecified atom stereocenters. The van der Waals surface area contributed by atoms with Crippen molar-refractivity contribution in [3.05, 3.63) is 52.9 Å². The molecule has 0 amide bonds. The van der Waals surface area contributed by atoms with Crippen LogP contribution < -0.4 is 5.32 Å². The Bertz CT molecular complexity index is 675. The monoisotopic (exact) mass is 259 g/mol. The molecule has 0 aliphatic carbocycles. The van der Waals surface area contributed by atoms with E-state index in [1.165, 1.54) is 0 Å². The minimum absolute atomic E-state index is 0.0125. The Morgan fingerprint density at radius 1 is 1.16 bits per heavy atom. The van der Waals surface area contributed by atoms with Crippen molar-refractivity contribution in [1.82, 2.24) is 4.98 Å². The maximum absolute atomic E-state index is 13.6. The number of hydrogen-bond acceptors (Lipinski definition) is 3. The van der Waals surface area contributed by atoms with Gasteiger partial charge in [0.2, 0.25) is 0 Å². The van der Waals surface area contributed by atoms with E-state index in [0.717, 1.165) is 18.2 Å². The molecule has 0 radical (unpaired) electrons. The van der Waals surface area contributed by atoms with Crippen LogP contribution in [-0.4, -0.2) is 4.98 Å². The first kappa shape index (κ1) is 13.0. The number of nitrogens with zero attached hydrogens (tertiary/aromatic N) is 2. The molecule has 1 aromatic heterocycles. The third kappa shape index (κ3) is 2.68. The smallest absolute Gasteiger partial charge is 0.146 e. The van der Waals surface area contributed by atoms with Gasteiger partial charge in [-0.25, -0.2) is 8.78 Å². The molecule has 0 bridgehead atoms. The maximum Gasteiger partial charge on any atom is 0.146 e. The molecule has 96 valence electrons. The minimum Gasteiger partial charge on any atom is -0.352 e. The lowest BCUT2D eigenvalue weighted by atomic mass is 10.1. The third-order valence-electron chi connectivity index (χ3n) is 2.64. The molecule has 2 aromatic rings. The molecule has 0 fully saturated rings. The van der Waals surface area contributed by atoms with Crippen LogP contribution in [0.1, 0.15) is 17.0 Å². The summed E-state index contributed by atoms with van der Waals surface area (Å²) in [6, 6.07) is 6.74. The van der Waals surface area contributed by atoms with Gasteiger partial charge in [-0.2, -0.15) is 5.26 Å². The summed E-state index contributed by atoms with van der Waals surface area (Å²) in [6.45, 7) is 3.46. The van der Waals surface area contributed by atoms with Gasteiger partial charge in [0.1, 0.15) is 17.7 Å². The number of anilines is 2. The van der Waals surface area contributed by atoms with Crippen LogP contribution in [0.5, 0.6) is 0 Å². The molecule has 3 nitrogen and oxygen atoms in total. The standard InChI is InChI=1S/C14H11F2N3/c1-8-5-13(11(7-17)9(2)18-8)19-14-6-10(15)3-4-12(14)16/h3-6H,1-2H3,(H,18,19). The summed E-state index contributed by atoms with van der Waals surface area (Å²) in [7, 11) is 0. The first-order chi connectivity index (χ1) is 9.01. The van der Waals surface area contributed by atoms with Crippen molar-refractivity contribution in [3.63, 3.8) is 0 Å². The van der Waals surface area contributed by atoms with Crippen LogP contribution in [0.15, 0.2) is 24.3 Å². The van der Waals surface area contributed by atoms with Crippen LogP contribution in [-0.2, 0) is 0 Å². The number of benzene rings is 1. The molecule has 2 rings (SSSR count). The van der Waals surface area contributed by atoms with Gasteiger partial charge in [-0.05, 0) is 32.0 Å². The maximum atomic E-state index is 13.6. The molecule has 0 saturated carbocycles. The number of hydrogen-bond donors (Lipinski definition) is 1. The van der Waals surface area contributed by atoms with Crippen molar-refractivity contribution in [3.8, 4) is 6.07 Å². The molecule has 1 heterocycles.